The number of H-pyrrole nitrogens is 1. The van der Waals surface area contributed by atoms with Gasteiger partial charge in [0.25, 0.3) is 0 Å². The number of rotatable bonds is 1. The maximum Gasteiger partial charge on any atom is 0.337 e. The topological polar surface area (TPSA) is 73.4 Å². The van der Waals surface area contributed by atoms with Crippen molar-refractivity contribution in [3.8, 4) is 0 Å². The molecule has 1 amide bonds. The predicted octanol–water partition coefficient (Wildman–Crippen LogP) is 0.618. The van der Waals surface area contributed by atoms with Crippen LogP contribution in [0.3, 0.4) is 0 Å². The Hall–Kier alpha value is -1.78. The molecule has 0 aliphatic carbocycles. The zero-order chi connectivity index (χ0) is 11.0. The molecule has 2 N–H and O–H groups in total. The summed E-state index contributed by atoms with van der Waals surface area (Å²) < 4.78 is 0. The molecule has 1 aromatic heterocycles. The lowest BCUT2D eigenvalue weighted by molar-refractivity contribution is -0.129. The molecule has 15 heavy (non-hydrogen) atoms. The number of aromatic nitrogens is 1. The van der Waals surface area contributed by atoms with Crippen molar-refractivity contribution in [3.05, 3.63) is 23.0 Å². The van der Waals surface area contributed by atoms with Gasteiger partial charge in [-0.3, -0.25) is 4.79 Å². The highest BCUT2D eigenvalue weighted by Gasteiger charge is 2.24. The normalized spacial score (nSPS) is 14.9. The quantitative estimate of drug-likeness (QED) is 0.710. The van der Waals surface area contributed by atoms with Gasteiger partial charge in [-0.15, -0.1) is 0 Å². The van der Waals surface area contributed by atoms with Crippen LogP contribution in [-0.2, 0) is 17.8 Å². The first-order valence-electron chi connectivity index (χ1n) is 4.77. The molecule has 2 heterocycles. The average molecular weight is 208 g/mol. The third kappa shape index (κ3) is 1.60. The van der Waals surface area contributed by atoms with E-state index >= 15 is 0 Å². The number of carbonyl (C=O) groups is 2. The second-order valence-corrected chi connectivity index (χ2v) is 3.66. The monoisotopic (exact) mass is 208 g/mol. The van der Waals surface area contributed by atoms with E-state index < -0.39 is 5.97 Å². The third-order valence-electron chi connectivity index (χ3n) is 2.74. The van der Waals surface area contributed by atoms with Crippen molar-refractivity contribution in [1.82, 2.24) is 9.88 Å². The number of fused-ring (bicyclic) bond motifs is 1. The van der Waals surface area contributed by atoms with Gasteiger partial charge in [-0.05, 0) is 12.0 Å². The number of aromatic amines is 1. The van der Waals surface area contributed by atoms with E-state index in [9.17, 15) is 9.59 Å². The third-order valence-corrected chi connectivity index (χ3v) is 2.74. The summed E-state index contributed by atoms with van der Waals surface area (Å²) in [6.45, 7) is 2.60. The van der Waals surface area contributed by atoms with E-state index in [1.165, 1.54) is 13.1 Å². The Kier molecular flexibility index (Phi) is 2.22. The van der Waals surface area contributed by atoms with Crippen LogP contribution in [0.1, 0.15) is 28.5 Å². The Balaban J connectivity index is 2.30. The van der Waals surface area contributed by atoms with Crippen molar-refractivity contribution in [2.75, 3.05) is 6.54 Å². The van der Waals surface area contributed by atoms with E-state index in [4.69, 9.17) is 5.11 Å². The van der Waals surface area contributed by atoms with Crippen LogP contribution >= 0.6 is 0 Å². The molecular weight excluding hydrogens is 196 g/mol. The van der Waals surface area contributed by atoms with Crippen molar-refractivity contribution in [3.63, 3.8) is 0 Å². The van der Waals surface area contributed by atoms with E-state index in [1.54, 1.807) is 4.90 Å². The van der Waals surface area contributed by atoms with Gasteiger partial charge in [0.05, 0.1) is 12.1 Å². The van der Waals surface area contributed by atoms with Crippen LogP contribution in [0.15, 0.2) is 6.20 Å². The molecule has 0 unspecified atom stereocenters. The number of amides is 1. The van der Waals surface area contributed by atoms with E-state index in [0.29, 0.717) is 25.1 Å². The molecule has 0 bridgehead atoms. The summed E-state index contributed by atoms with van der Waals surface area (Å²) in [5.74, 6) is -0.893. The van der Waals surface area contributed by atoms with Crippen LogP contribution in [0.4, 0.5) is 0 Å². The van der Waals surface area contributed by atoms with Crippen LogP contribution in [0.5, 0.6) is 0 Å². The van der Waals surface area contributed by atoms with E-state index in [1.807, 2.05) is 0 Å². The molecule has 0 radical (unpaired) electrons. The Morgan fingerprint density at radius 2 is 2.27 bits per heavy atom. The Labute approximate surface area is 86.7 Å². The summed E-state index contributed by atoms with van der Waals surface area (Å²) in [4.78, 5) is 26.6. The lowest BCUT2D eigenvalue weighted by Crippen LogP contribution is -2.34. The second kappa shape index (κ2) is 3.42. The van der Waals surface area contributed by atoms with Crippen LogP contribution in [0.2, 0.25) is 0 Å². The van der Waals surface area contributed by atoms with Gasteiger partial charge in [0.15, 0.2) is 0 Å². The minimum Gasteiger partial charge on any atom is -0.478 e. The zero-order valence-electron chi connectivity index (χ0n) is 8.41. The first-order valence-corrected chi connectivity index (χ1v) is 4.77. The van der Waals surface area contributed by atoms with Crippen LogP contribution in [0.25, 0.3) is 0 Å². The number of nitrogens with one attached hydrogen (secondary N) is 1. The van der Waals surface area contributed by atoms with Crippen molar-refractivity contribution in [1.29, 1.82) is 0 Å². The maximum absolute atomic E-state index is 11.1. The Morgan fingerprint density at radius 3 is 2.87 bits per heavy atom. The largest absolute Gasteiger partial charge is 0.478 e. The molecule has 0 saturated carbocycles. The molecule has 0 fully saturated rings. The summed E-state index contributed by atoms with van der Waals surface area (Å²) in [6.07, 6.45) is 2.11. The van der Waals surface area contributed by atoms with Gasteiger partial charge >= 0.3 is 5.97 Å². The highest BCUT2D eigenvalue weighted by Crippen LogP contribution is 2.21. The first kappa shape index (κ1) is 9.76. The fraction of sp³-hybridized carbons (Fsp3) is 0.400. The first-order chi connectivity index (χ1) is 7.09. The molecule has 5 nitrogen and oxygen atoms in total. The zero-order valence-corrected chi connectivity index (χ0v) is 8.41. The molecule has 1 aromatic rings. The lowest BCUT2D eigenvalue weighted by atomic mass is 10.0. The number of hydrogen-bond acceptors (Lipinski definition) is 2. The van der Waals surface area contributed by atoms with Crippen molar-refractivity contribution in [2.45, 2.75) is 19.9 Å². The standard InChI is InChI=1S/C10H12N2O3/c1-6(13)12-3-2-7-8(10(14)15)4-11-9(7)5-12/h4,11H,2-3,5H2,1H3,(H,14,15). The van der Waals surface area contributed by atoms with Crippen molar-refractivity contribution in [2.24, 2.45) is 0 Å². The predicted molar refractivity (Wildman–Crippen MR) is 52.5 cm³/mol. The number of carbonyl (C=O) groups excluding carboxylic acids is 1. The van der Waals surface area contributed by atoms with Gasteiger partial charge in [-0.2, -0.15) is 0 Å². The van der Waals surface area contributed by atoms with Crippen molar-refractivity contribution >= 4 is 11.9 Å². The molecule has 0 atom stereocenters. The lowest BCUT2D eigenvalue weighted by Gasteiger charge is -2.25. The van der Waals surface area contributed by atoms with E-state index in [0.717, 1.165) is 11.3 Å². The SMILES string of the molecule is CC(=O)N1CCc2c(C(=O)O)c[nH]c2C1. The minimum atomic E-state index is -0.913. The smallest absolute Gasteiger partial charge is 0.337 e. The number of hydrogen-bond donors (Lipinski definition) is 2. The molecular formula is C10H12N2O3. The molecule has 80 valence electrons. The molecule has 0 aromatic carbocycles. The number of aromatic carboxylic acids is 1. The number of nitrogens with zero attached hydrogens (tertiary/aromatic N) is 1. The highest BCUT2D eigenvalue weighted by molar-refractivity contribution is 5.89. The fourth-order valence-corrected chi connectivity index (χ4v) is 1.90. The summed E-state index contributed by atoms with van der Waals surface area (Å²) in [5, 5.41) is 8.90. The van der Waals surface area contributed by atoms with Gasteiger partial charge in [0.1, 0.15) is 0 Å². The minimum absolute atomic E-state index is 0.0205. The van der Waals surface area contributed by atoms with Gasteiger partial charge in [-0.25, -0.2) is 4.79 Å². The van der Waals surface area contributed by atoms with Gasteiger partial charge in [0, 0.05) is 25.4 Å². The number of carboxylic acid groups (broad SMARTS) is 1. The van der Waals surface area contributed by atoms with Crippen molar-refractivity contribution < 1.29 is 14.7 Å². The van der Waals surface area contributed by atoms with Crippen LogP contribution in [-0.4, -0.2) is 33.4 Å². The van der Waals surface area contributed by atoms with Gasteiger partial charge in [0.2, 0.25) is 5.91 Å². The summed E-state index contributed by atoms with van der Waals surface area (Å²) in [7, 11) is 0. The summed E-state index contributed by atoms with van der Waals surface area (Å²) in [5.41, 5.74) is 2.00. The van der Waals surface area contributed by atoms with Crippen LogP contribution < -0.4 is 0 Å². The van der Waals surface area contributed by atoms with E-state index in [2.05, 4.69) is 4.98 Å². The maximum atomic E-state index is 11.1. The summed E-state index contributed by atoms with van der Waals surface area (Å²) in [6, 6.07) is 0. The molecule has 5 heteroatoms. The van der Waals surface area contributed by atoms with Gasteiger partial charge in [-0.1, -0.05) is 0 Å². The fourth-order valence-electron chi connectivity index (χ4n) is 1.90. The summed E-state index contributed by atoms with van der Waals surface area (Å²) >= 11 is 0. The molecule has 1 aliphatic rings. The highest BCUT2D eigenvalue weighted by atomic mass is 16.4. The van der Waals surface area contributed by atoms with Crippen LogP contribution in [0, 0.1) is 0 Å². The van der Waals surface area contributed by atoms with E-state index in [-0.39, 0.29) is 5.91 Å². The molecule has 2 rings (SSSR count). The molecule has 0 saturated heterocycles. The molecule has 1 aliphatic heterocycles. The second-order valence-electron chi connectivity index (χ2n) is 3.66. The Morgan fingerprint density at radius 1 is 1.53 bits per heavy atom. The molecule has 0 spiro atoms. The average Bonchev–Trinajstić information content (AvgIpc) is 2.59. The van der Waals surface area contributed by atoms with Gasteiger partial charge < -0.3 is 15.0 Å². The Bertz CT molecular complexity index is 422. The number of carboxylic acids is 1.